The second-order valence-electron chi connectivity index (χ2n) is 3.33. The highest BCUT2D eigenvalue weighted by Gasteiger charge is 2.12. The van der Waals surface area contributed by atoms with Gasteiger partial charge in [0.2, 0.25) is 0 Å². The molecule has 5 heteroatoms. The molecule has 0 bridgehead atoms. The Morgan fingerprint density at radius 2 is 2.27 bits per heavy atom. The molecule has 0 aliphatic rings. The van der Waals surface area contributed by atoms with Gasteiger partial charge in [0.1, 0.15) is 10.1 Å². The first-order valence-corrected chi connectivity index (χ1v) is 5.33. The molecule has 4 nitrogen and oxygen atoms in total. The number of halogens is 1. The Bertz CT molecular complexity index is 562. The second kappa shape index (κ2) is 3.75. The van der Waals surface area contributed by atoms with E-state index >= 15 is 0 Å². The van der Waals surface area contributed by atoms with E-state index in [1.807, 2.05) is 6.07 Å². The van der Waals surface area contributed by atoms with E-state index in [0.717, 1.165) is 0 Å². The van der Waals surface area contributed by atoms with Crippen LogP contribution in [-0.4, -0.2) is 9.38 Å². The van der Waals surface area contributed by atoms with E-state index in [9.17, 15) is 4.79 Å². The Labute approximate surface area is 94.9 Å². The number of rotatable bonds is 1. The van der Waals surface area contributed by atoms with Crippen LogP contribution in [0.4, 0.5) is 0 Å². The van der Waals surface area contributed by atoms with Gasteiger partial charge in [-0.25, -0.2) is 4.98 Å². The third-order valence-corrected chi connectivity index (χ3v) is 2.88. The number of nitrogens with two attached hydrogens (primary N) is 1. The summed E-state index contributed by atoms with van der Waals surface area (Å²) < 4.78 is 1.91. The van der Waals surface area contributed by atoms with Crippen molar-refractivity contribution in [1.29, 1.82) is 0 Å². The first kappa shape index (κ1) is 10.3. The number of pyridine rings is 1. The number of hydrogen-bond donors (Lipinski definition) is 1. The molecule has 0 unspecified atom stereocenters. The molecule has 2 rings (SSSR count). The molecule has 0 aromatic carbocycles. The first-order valence-electron chi connectivity index (χ1n) is 4.53. The molecule has 0 saturated carbocycles. The maximum absolute atomic E-state index is 11.9. The Hall–Kier alpha value is -1.20. The molecule has 78 valence electrons. The van der Waals surface area contributed by atoms with Crippen LogP contribution in [-0.2, 0) is 0 Å². The fourth-order valence-electron chi connectivity index (χ4n) is 1.39. The quantitative estimate of drug-likeness (QED) is 0.852. The normalized spacial score (nSPS) is 13.0. The molecular formula is C10H10BrN3O. The van der Waals surface area contributed by atoms with E-state index in [4.69, 9.17) is 5.73 Å². The zero-order valence-corrected chi connectivity index (χ0v) is 9.73. The summed E-state index contributed by atoms with van der Waals surface area (Å²) in [6, 6.07) is 5.13. The lowest BCUT2D eigenvalue weighted by atomic mass is 10.2. The van der Waals surface area contributed by atoms with E-state index in [1.54, 1.807) is 25.3 Å². The van der Waals surface area contributed by atoms with Gasteiger partial charge in [-0.05, 0) is 35.0 Å². The Balaban J connectivity index is 2.89. The topological polar surface area (TPSA) is 60.4 Å². The molecule has 2 N–H and O–H groups in total. The molecule has 0 amide bonds. The highest BCUT2D eigenvalue weighted by atomic mass is 79.9. The van der Waals surface area contributed by atoms with Crippen molar-refractivity contribution < 1.29 is 0 Å². The first-order chi connectivity index (χ1) is 7.11. The molecule has 2 aromatic heterocycles. The van der Waals surface area contributed by atoms with Crippen molar-refractivity contribution in [3.05, 3.63) is 44.9 Å². The Morgan fingerprint density at radius 3 is 2.93 bits per heavy atom. The van der Waals surface area contributed by atoms with Crippen LogP contribution in [0.2, 0.25) is 0 Å². The van der Waals surface area contributed by atoms with E-state index in [-0.39, 0.29) is 11.6 Å². The average molecular weight is 268 g/mol. The summed E-state index contributed by atoms with van der Waals surface area (Å²) in [5.41, 5.74) is 6.80. The molecule has 0 aliphatic heterocycles. The summed E-state index contributed by atoms with van der Waals surface area (Å²) in [7, 11) is 0. The predicted octanol–water partition coefficient (Wildman–Crippen LogP) is 1.48. The van der Waals surface area contributed by atoms with Crippen LogP contribution in [0.15, 0.2) is 33.7 Å². The lowest BCUT2D eigenvalue weighted by Crippen LogP contribution is -2.21. The third kappa shape index (κ3) is 1.68. The van der Waals surface area contributed by atoms with Gasteiger partial charge in [-0.15, -0.1) is 0 Å². The van der Waals surface area contributed by atoms with Gasteiger partial charge in [0.15, 0.2) is 0 Å². The van der Waals surface area contributed by atoms with Gasteiger partial charge in [-0.1, -0.05) is 6.07 Å². The molecule has 0 saturated heterocycles. The molecule has 1 atom stereocenters. The molecule has 2 heterocycles. The van der Waals surface area contributed by atoms with Crippen molar-refractivity contribution in [2.24, 2.45) is 5.73 Å². The zero-order valence-electron chi connectivity index (χ0n) is 8.14. The van der Waals surface area contributed by atoms with E-state index < -0.39 is 0 Å². The third-order valence-electron chi connectivity index (χ3n) is 2.14. The highest BCUT2D eigenvalue weighted by Crippen LogP contribution is 2.16. The molecule has 0 radical (unpaired) electrons. The van der Waals surface area contributed by atoms with Crippen molar-refractivity contribution in [1.82, 2.24) is 9.38 Å². The van der Waals surface area contributed by atoms with Crippen molar-refractivity contribution in [3.8, 4) is 0 Å². The zero-order chi connectivity index (χ0) is 11.0. The van der Waals surface area contributed by atoms with Crippen LogP contribution >= 0.6 is 15.9 Å². The summed E-state index contributed by atoms with van der Waals surface area (Å²) in [5, 5.41) is 0. The van der Waals surface area contributed by atoms with Gasteiger partial charge >= 0.3 is 0 Å². The van der Waals surface area contributed by atoms with Crippen LogP contribution in [0.25, 0.3) is 5.65 Å². The number of nitrogens with zero attached hydrogens (tertiary/aromatic N) is 2. The summed E-state index contributed by atoms with van der Waals surface area (Å²) in [4.78, 5) is 16.2. The standard InChI is InChI=1S/C10H10BrN3O/c1-6(12)9-8(11)10(15)14-5-3-2-4-7(14)13-9/h2-6H,12H2,1H3/t6-/m1/s1. The molecule has 0 spiro atoms. The molecular weight excluding hydrogens is 258 g/mol. The number of fused-ring (bicyclic) bond motifs is 1. The minimum atomic E-state index is -0.266. The molecule has 2 aromatic rings. The maximum atomic E-state index is 11.9. The molecule has 0 aliphatic carbocycles. The highest BCUT2D eigenvalue weighted by molar-refractivity contribution is 9.10. The van der Waals surface area contributed by atoms with Gasteiger partial charge < -0.3 is 5.73 Å². The predicted molar refractivity (Wildman–Crippen MR) is 61.8 cm³/mol. The summed E-state index contributed by atoms with van der Waals surface area (Å²) in [6.07, 6.45) is 1.68. The lowest BCUT2D eigenvalue weighted by Gasteiger charge is -2.08. The summed E-state index contributed by atoms with van der Waals surface area (Å²) in [5.74, 6) is 0. The average Bonchev–Trinajstić information content (AvgIpc) is 2.23. The minimum Gasteiger partial charge on any atom is -0.323 e. The van der Waals surface area contributed by atoms with E-state index in [2.05, 4.69) is 20.9 Å². The van der Waals surface area contributed by atoms with Crippen LogP contribution in [0.3, 0.4) is 0 Å². The van der Waals surface area contributed by atoms with Gasteiger partial charge in [0.25, 0.3) is 5.56 Å². The van der Waals surface area contributed by atoms with E-state index in [0.29, 0.717) is 15.8 Å². The monoisotopic (exact) mass is 267 g/mol. The fourth-order valence-corrected chi connectivity index (χ4v) is 2.03. The van der Waals surface area contributed by atoms with Gasteiger partial charge in [-0.2, -0.15) is 0 Å². The minimum absolute atomic E-state index is 0.132. The van der Waals surface area contributed by atoms with Crippen LogP contribution < -0.4 is 11.3 Å². The molecule has 0 fully saturated rings. The van der Waals surface area contributed by atoms with Crippen molar-refractivity contribution >= 4 is 21.6 Å². The summed E-state index contributed by atoms with van der Waals surface area (Å²) >= 11 is 3.23. The van der Waals surface area contributed by atoms with Crippen LogP contribution in [0.5, 0.6) is 0 Å². The largest absolute Gasteiger partial charge is 0.323 e. The van der Waals surface area contributed by atoms with Gasteiger partial charge in [0, 0.05) is 12.2 Å². The van der Waals surface area contributed by atoms with Crippen molar-refractivity contribution in [2.45, 2.75) is 13.0 Å². The van der Waals surface area contributed by atoms with E-state index in [1.165, 1.54) is 4.40 Å². The second-order valence-corrected chi connectivity index (χ2v) is 4.13. The number of aromatic nitrogens is 2. The maximum Gasteiger partial charge on any atom is 0.272 e. The van der Waals surface area contributed by atoms with Crippen molar-refractivity contribution in [3.63, 3.8) is 0 Å². The Kier molecular flexibility index (Phi) is 2.58. The van der Waals surface area contributed by atoms with Crippen LogP contribution in [0, 0.1) is 0 Å². The van der Waals surface area contributed by atoms with Crippen molar-refractivity contribution in [2.75, 3.05) is 0 Å². The molecule has 15 heavy (non-hydrogen) atoms. The lowest BCUT2D eigenvalue weighted by molar-refractivity contribution is 0.766. The number of hydrogen-bond acceptors (Lipinski definition) is 3. The SMILES string of the molecule is C[C@@H](N)c1nc2ccccn2c(=O)c1Br. The summed E-state index contributed by atoms with van der Waals surface area (Å²) in [6.45, 7) is 1.80. The fraction of sp³-hybridized carbons (Fsp3) is 0.200. The Morgan fingerprint density at radius 1 is 1.53 bits per heavy atom. The van der Waals surface area contributed by atoms with Gasteiger partial charge in [0.05, 0.1) is 5.69 Å². The van der Waals surface area contributed by atoms with Gasteiger partial charge in [-0.3, -0.25) is 9.20 Å². The van der Waals surface area contributed by atoms with Crippen LogP contribution in [0.1, 0.15) is 18.7 Å². The smallest absolute Gasteiger partial charge is 0.272 e.